The minimum absolute atomic E-state index is 0.0230. The van der Waals surface area contributed by atoms with Crippen LogP contribution in [0.25, 0.3) is 27.9 Å². The zero-order chi connectivity index (χ0) is 23.0. The van der Waals surface area contributed by atoms with E-state index in [2.05, 4.69) is 48.3 Å². The topological polar surface area (TPSA) is 48.6 Å². The van der Waals surface area contributed by atoms with Gasteiger partial charge in [-0.2, -0.15) is 0 Å². The average molecular weight is 443 g/mol. The van der Waals surface area contributed by atoms with E-state index >= 15 is 0 Å². The highest BCUT2D eigenvalue weighted by atomic mass is 19.1. The third kappa shape index (κ3) is 3.63. The lowest BCUT2D eigenvalue weighted by atomic mass is 9.81. The summed E-state index contributed by atoms with van der Waals surface area (Å²) >= 11 is 0. The van der Waals surface area contributed by atoms with Crippen molar-refractivity contribution < 1.29 is 14.6 Å². The van der Waals surface area contributed by atoms with Crippen molar-refractivity contribution in [3.05, 3.63) is 102 Å². The molecule has 0 amide bonds. The summed E-state index contributed by atoms with van der Waals surface area (Å²) in [6.07, 6.45) is 16.7. The largest absolute Gasteiger partial charge is 0.395 e. The molecule has 2 heterocycles. The molecule has 5 heteroatoms. The molecule has 0 bridgehead atoms. The molecule has 1 atom stereocenters. The van der Waals surface area contributed by atoms with Gasteiger partial charge in [0.1, 0.15) is 5.82 Å². The molecule has 0 spiro atoms. The van der Waals surface area contributed by atoms with Crippen LogP contribution in [0.1, 0.15) is 12.5 Å². The van der Waals surface area contributed by atoms with Crippen LogP contribution in [0.5, 0.6) is 0 Å². The van der Waals surface area contributed by atoms with Gasteiger partial charge < -0.3 is 19.7 Å². The van der Waals surface area contributed by atoms with Crippen LogP contribution in [0.15, 0.2) is 90.2 Å². The number of allylic oxidation sites excluding steroid dienone is 5. The second-order valence-corrected chi connectivity index (χ2v) is 8.61. The highest BCUT2D eigenvalue weighted by Crippen LogP contribution is 2.37. The summed E-state index contributed by atoms with van der Waals surface area (Å²) in [6.45, 7) is 3.31. The number of rotatable bonds is 6. The summed E-state index contributed by atoms with van der Waals surface area (Å²) in [6, 6.07) is 11.0. The number of hydrogen-bond acceptors (Lipinski definition) is 3. The van der Waals surface area contributed by atoms with Gasteiger partial charge >= 0.3 is 0 Å². The molecular weight excluding hydrogens is 415 g/mol. The van der Waals surface area contributed by atoms with E-state index in [1.807, 2.05) is 35.1 Å². The molecule has 5 rings (SSSR count). The van der Waals surface area contributed by atoms with Gasteiger partial charge in [0.05, 0.1) is 18.8 Å². The highest BCUT2D eigenvalue weighted by molar-refractivity contribution is 6.08. The second kappa shape index (κ2) is 8.50. The van der Waals surface area contributed by atoms with Crippen LogP contribution in [0.3, 0.4) is 0 Å². The summed E-state index contributed by atoms with van der Waals surface area (Å²) < 4.78 is 16.0. The van der Waals surface area contributed by atoms with Crippen LogP contribution in [0.4, 0.5) is 4.39 Å². The molecule has 1 aromatic heterocycles. The number of aliphatic hydroxyl groups is 2. The van der Waals surface area contributed by atoms with Crippen LogP contribution in [0, 0.1) is 5.82 Å². The fourth-order valence-corrected chi connectivity index (χ4v) is 4.99. The third-order valence-corrected chi connectivity index (χ3v) is 6.65. The molecule has 0 saturated carbocycles. The van der Waals surface area contributed by atoms with E-state index < -0.39 is 0 Å². The van der Waals surface area contributed by atoms with Crippen LogP contribution >= 0.6 is 0 Å². The van der Waals surface area contributed by atoms with Gasteiger partial charge in [0.15, 0.2) is 0 Å². The molecule has 1 unspecified atom stereocenters. The first-order chi connectivity index (χ1) is 16.0. The van der Waals surface area contributed by atoms with E-state index in [0.717, 1.165) is 32.9 Å². The average Bonchev–Trinajstić information content (AvgIpc) is 3.11. The molecule has 2 aromatic carbocycles. The van der Waals surface area contributed by atoms with E-state index in [4.69, 9.17) is 0 Å². The molecule has 4 nitrogen and oxygen atoms in total. The van der Waals surface area contributed by atoms with Gasteiger partial charge in [-0.3, -0.25) is 0 Å². The lowest BCUT2D eigenvalue weighted by Crippen LogP contribution is -2.46. The quantitative estimate of drug-likeness (QED) is 0.568. The fourth-order valence-electron chi connectivity index (χ4n) is 4.99. The lowest BCUT2D eigenvalue weighted by Gasteiger charge is -2.43. The molecule has 1 aliphatic heterocycles. The van der Waals surface area contributed by atoms with Crippen molar-refractivity contribution in [1.29, 1.82) is 0 Å². The Morgan fingerprint density at radius 1 is 0.909 bits per heavy atom. The minimum Gasteiger partial charge on any atom is -0.395 e. The van der Waals surface area contributed by atoms with Gasteiger partial charge in [0.25, 0.3) is 0 Å². The van der Waals surface area contributed by atoms with Crippen molar-refractivity contribution in [2.75, 3.05) is 19.8 Å². The van der Waals surface area contributed by atoms with E-state index in [9.17, 15) is 14.6 Å². The SMILES string of the molecule is CC12C=CC=CC1=C(/C=C/c1ccc3c(c1)c1cc(F)ccc1n3CCO)C=CN2CCO. The zero-order valence-corrected chi connectivity index (χ0v) is 18.6. The molecule has 33 heavy (non-hydrogen) atoms. The van der Waals surface area contributed by atoms with Gasteiger partial charge in [-0.15, -0.1) is 0 Å². The van der Waals surface area contributed by atoms with Crippen molar-refractivity contribution >= 4 is 27.9 Å². The minimum atomic E-state index is -0.300. The molecule has 0 fully saturated rings. The van der Waals surface area contributed by atoms with Crippen LogP contribution in [0.2, 0.25) is 0 Å². The van der Waals surface area contributed by atoms with Crippen molar-refractivity contribution in [3.63, 3.8) is 0 Å². The van der Waals surface area contributed by atoms with Crippen molar-refractivity contribution in [3.8, 4) is 0 Å². The molecule has 0 saturated heterocycles. The maximum Gasteiger partial charge on any atom is 0.123 e. The number of β-amino-alcohol motifs (C(OH)–C–C–N with tert-alkyl or cyclic N) is 1. The Morgan fingerprint density at radius 2 is 1.67 bits per heavy atom. The van der Waals surface area contributed by atoms with Gasteiger partial charge in [0, 0.05) is 41.1 Å². The number of aliphatic hydroxyl groups excluding tert-OH is 2. The summed E-state index contributed by atoms with van der Waals surface area (Å²) in [5, 5.41) is 20.8. The number of benzene rings is 2. The molecule has 3 aromatic rings. The Balaban J connectivity index is 1.56. The second-order valence-electron chi connectivity index (χ2n) is 8.61. The Kier molecular flexibility index (Phi) is 5.52. The van der Waals surface area contributed by atoms with Gasteiger partial charge in [-0.25, -0.2) is 4.39 Å². The molecule has 168 valence electrons. The lowest BCUT2D eigenvalue weighted by molar-refractivity contribution is 0.185. The van der Waals surface area contributed by atoms with E-state index in [1.165, 1.54) is 11.6 Å². The Hall–Kier alpha value is -3.41. The van der Waals surface area contributed by atoms with E-state index in [-0.39, 0.29) is 24.6 Å². The van der Waals surface area contributed by atoms with Crippen molar-refractivity contribution in [2.45, 2.75) is 19.0 Å². The summed E-state index contributed by atoms with van der Waals surface area (Å²) in [5.41, 5.74) is 4.91. The van der Waals surface area contributed by atoms with Gasteiger partial charge in [-0.05, 0) is 60.0 Å². The summed E-state index contributed by atoms with van der Waals surface area (Å²) in [4.78, 5) is 2.15. The zero-order valence-electron chi connectivity index (χ0n) is 18.6. The maximum absolute atomic E-state index is 14.0. The molecule has 2 aliphatic rings. The number of hydrogen-bond donors (Lipinski definition) is 2. The Bertz CT molecular complexity index is 1380. The first kappa shape index (κ1) is 21.4. The monoisotopic (exact) mass is 442 g/mol. The maximum atomic E-state index is 14.0. The molecule has 0 radical (unpaired) electrons. The van der Waals surface area contributed by atoms with Gasteiger partial charge in [-0.1, -0.05) is 42.5 Å². The molecule has 1 aliphatic carbocycles. The number of nitrogens with zero attached hydrogens (tertiary/aromatic N) is 2. The summed E-state index contributed by atoms with van der Waals surface area (Å²) in [7, 11) is 0. The molecular formula is C28H27FN2O2. The van der Waals surface area contributed by atoms with Crippen molar-refractivity contribution in [1.82, 2.24) is 9.47 Å². The van der Waals surface area contributed by atoms with Crippen LogP contribution < -0.4 is 0 Å². The number of fused-ring (bicyclic) bond motifs is 4. The van der Waals surface area contributed by atoms with E-state index in [1.54, 1.807) is 12.1 Å². The first-order valence-corrected chi connectivity index (χ1v) is 11.2. The van der Waals surface area contributed by atoms with Crippen molar-refractivity contribution in [2.24, 2.45) is 0 Å². The third-order valence-electron chi connectivity index (χ3n) is 6.65. The number of halogens is 1. The Labute approximate surface area is 192 Å². The number of aromatic nitrogens is 1. The summed E-state index contributed by atoms with van der Waals surface area (Å²) in [5.74, 6) is -0.269. The predicted molar refractivity (Wildman–Crippen MR) is 132 cm³/mol. The van der Waals surface area contributed by atoms with Crippen LogP contribution in [-0.4, -0.2) is 45.0 Å². The first-order valence-electron chi connectivity index (χ1n) is 11.2. The highest BCUT2D eigenvalue weighted by Gasteiger charge is 2.34. The van der Waals surface area contributed by atoms with Gasteiger partial charge in [0.2, 0.25) is 0 Å². The standard InChI is InChI=1S/C28H27FN2O2/c1-28-12-3-2-4-25(28)21(11-13-30(28)14-16-32)7-5-20-6-9-26-23(18-20)24-19-22(29)8-10-27(24)31(26)15-17-33/h2-13,18-19,32-33H,14-17H2,1H3/b7-5+. The Morgan fingerprint density at radius 3 is 2.45 bits per heavy atom. The predicted octanol–water partition coefficient (Wildman–Crippen LogP) is 4.94. The molecule has 2 N–H and O–H groups in total. The smallest absolute Gasteiger partial charge is 0.123 e. The van der Waals surface area contributed by atoms with E-state index in [0.29, 0.717) is 13.1 Å². The normalized spacial score (nSPS) is 20.1. The van der Waals surface area contributed by atoms with Crippen LogP contribution in [-0.2, 0) is 6.54 Å². The fraction of sp³-hybridized carbons (Fsp3) is 0.214.